The van der Waals surface area contributed by atoms with Crippen LogP contribution in [0.4, 0.5) is 0 Å². The van der Waals surface area contributed by atoms with Gasteiger partial charge >= 0.3 is 19.8 Å². The lowest BCUT2D eigenvalue weighted by Gasteiger charge is -2.24. The normalized spacial score (nSPS) is 13.9. The minimum Gasteiger partial charge on any atom is -0.462 e. The van der Waals surface area contributed by atoms with Crippen molar-refractivity contribution >= 4 is 19.8 Å². The summed E-state index contributed by atoms with van der Waals surface area (Å²) in [6.45, 7) is 4.38. The Morgan fingerprint density at radius 1 is 0.596 bits per heavy atom. The molecule has 0 bridgehead atoms. The highest BCUT2D eigenvalue weighted by Gasteiger charge is 2.27. The van der Waals surface area contributed by atoms with Crippen molar-refractivity contribution < 1.29 is 42.1 Å². The molecule has 0 saturated carbocycles. The maximum Gasteiger partial charge on any atom is 0.472 e. The van der Waals surface area contributed by atoms with Crippen molar-refractivity contribution in [3.8, 4) is 0 Å². The number of carbonyl (C=O) groups is 2. The molecule has 9 nitrogen and oxygen atoms in total. The van der Waals surface area contributed by atoms with Crippen molar-refractivity contribution in [2.75, 3.05) is 47.5 Å². The molecular formula is C42H81NO8P+. The monoisotopic (exact) mass is 759 g/mol. The van der Waals surface area contributed by atoms with Gasteiger partial charge < -0.3 is 18.9 Å². The summed E-state index contributed by atoms with van der Waals surface area (Å²) in [6.07, 6.45) is 36.4. The Hall–Kier alpha value is -1.51. The fourth-order valence-electron chi connectivity index (χ4n) is 5.65. The van der Waals surface area contributed by atoms with Crippen LogP contribution in [0.2, 0.25) is 0 Å². The van der Waals surface area contributed by atoms with E-state index in [-0.39, 0.29) is 32.0 Å². The second kappa shape index (κ2) is 35.2. The van der Waals surface area contributed by atoms with Gasteiger partial charge in [-0.1, -0.05) is 154 Å². The van der Waals surface area contributed by atoms with Gasteiger partial charge in [0.05, 0.1) is 27.7 Å². The van der Waals surface area contributed by atoms with Crippen molar-refractivity contribution in [2.24, 2.45) is 0 Å². The van der Waals surface area contributed by atoms with Crippen LogP contribution < -0.4 is 0 Å². The molecule has 1 N–H and O–H groups in total. The molecule has 1 unspecified atom stereocenters. The molecule has 0 aromatic rings. The zero-order valence-corrected chi connectivity index (χ0v) is 35.2. The first-order chi connectivity index (χ1) is 25.0. The van der Waals surface area contributed by atoms with Gasteiger partial charge in [0, 0.05) is 12.8 Å². The van der Waals surface area contributed by atoms with Crippen LogP contribution >= 0.6 is 7.82 Å². The first kappa shape index (κ1) is 50.5. The molecule has 0 heterocycles. The molecule has 10 heteroatoms. The molecule has 0 aliphatic heterocycles. The summed E-state index contributed by atoms with van der Waals surface area (Å²) in [5.41, 5.74) is 0. The highest BCUT2D eigenvalue weighted by Crippen LogP contribution is 2.43. The number of ether oxygens (including phenoxy) is 2. The highest BCUT2D eigenvalue weighted by molar-refractivity contribution is 7.47. The summed E-state index contributed by atoms with van der Waals surface area (Å²) in [6, 6.07) is 0. The van der Waals surface area contributed by atoms with Crippen molar-refractivity contribution in [3.63, 3.8) is 0 Å². The van der Waals surface area contributed by atoms with E-state index >= 15 is 0 Å². The molecule has 0 amide bonds. The molecule has 0 aromatic carbocycles. The van der Waals surface area contributed by atoms with Crippen molar-refractivity contribution in [1.82, 2.24) is 0 Å². The van der Waals surface area contributed by atoms with Crippen LogP contribution in [0.3, 0.4) is 0 Å². The zero-order chi connectivity index (χ0) is 38.6. The van der Waals surface area contributed by atoms with Crippen LogP contribution in [-0.2, 0) is 32.7 Å². The van der Waals surface area contributed by atoms with E-state index < -0.39 is 26.5 Å². The van der Waals surface area contributed by atoms with Crippen LogP contribution in [-0.4, -0.2) is 74.9 Å². The van der Waals surface area contributed by atoms with E-state index in [0.29, 0.717) is 17.4 Å². The zero-order valence-electron chi connectivity index (χ0n) is 34.3. The molecule has 52 heavy (non-hydrogen) atoms. The molecule has 0 rings (SSSR count). The minimum atomic E-state index is -4.37. The van der Waals surface area contributed by atoms with Gasteiger partial charge in [0.2, 0.25) is 0 Å². The average molecular weight is 759 g/mol. The second-order valence-corrected chi connectivity index (χ2v) is 16.9. The van der Waals surface area contributed by atoms with Gasteiger partial charge in [0.15, 0.2) is 6.10 Å². The molecule has 0 spiro atoms. The number of phosphoric ester groups is 1. The Kier molecular flexibility index (Phi) is 34.2. The van der Waals surface area contributed by atoms with Gasteiger partial charge in [-0.15, -0.1) is 0 Å². The number of likely N-dealkylation sites (N-methyl/N-ethyl adjacent to an activating group) is 1. The molecule has 0 aliphatic carbocycles. The Bertz CT molecular complexity index is 949. The summed E-state index contributed by atoms with van der Waals surface area (Å²) in [5.74, 6) is -0.812. The molecule has 2 atom stereocenters. The van der Waals surface area contributed by atoms with E-state index in [4.69, 9.17) is 18.5 Å². The Balaban J connectivity index is 4.41. The molecular weight excluding hydrogens is 677 g/mol. The summed E-state index contributed by atoms with van der Waals surface area (Å²) >= 11 is 0. The third kappa shape index (κ3) is 38.2. The van der Waals surface area contributed by atoms with E-state index in [2.05, 4.69) is 38.2 Å². The van der Waals surface area contributed by atoms with Crippen LogP contribution in [0.1, 0.15) is 181 Å². The average Bonchev–Trinajstić information content (AvgIpc) is 3.09. The van der Waals surface area contributed by atoms with E-state index in [9.17, 15) is 19.0 Å². The lowest BCUT2D eigenvalue weighted by atomic mass is 10.0. The predicted octanol–water partition coefficient (Wildman–Crippen LogP) is 11.6. The van der Waals surface area contributed by atoms with Crippen molar-refractivity contribution in [2.45, 2.75) is 187 Å². The largest absolute Gasteiger partial charge is 0.472 e. The Morgan fingerprint density at radius 2 is 1.02 bits per heavy atom. The van der Waals surface area contributed by atoms with Gasteiger partial charge in [0.1, 0.15) is 19.8 Å². The number of quaternary nitrogens is 1. The number of rotatable bonds is 38. The van der Waals surface area contributed by atoms with Crippen LogP contribution in [0.5, 0.6) is 0 Å². The smallest absolute Gasteiger partial charge is 0.462 e. The van der Waals surface area contributed by atoms with Crippen molar-refractivity contribution in [1.29, 1.82) is 0 Å². The van der Waals surface area contributed by atoms with Crippen LogP contribution in [0, 0.1) is 0 Å². The molecule has 0 aromatic heterocycles. The number of nitrogens with zero attached hydrogens (tertiary/aromatic N) is 1. The van der Waals surface area contributed by atoms with Crippen molar-refractivity contribution in [3.05, 3.63) is 24.3 Å². The summed E-state index contributed by atoms with van der Waals surface area (Å²) < 4.78 is 34.2. The van der Waals surface area contributed by atoms with Crippen LogP contribution in [0.25, 0.3) is 0 Å². The number of hydrogen-bond acceptors (Lipinski definition) is 7. The molecule has 306 valence electrons. The van der Waals surface area contributed by atoms with E-state index in [0.717, 1.165) is 57.8 Å². The molecule has 0 fully saturated rings. The predicted molar refractivity (Wildman–Crippen MR) is 215 cm³/mol. The first-order valence-electron chi connectivity index (χ1n) is 21.1. The maximum atomic E-state index is 12.6. The van der Waals surface area contributed by atoms with E-state index in [1.54, 1.807) is 0 Å². The number of esters is 2. The van der Waals surface area contributed by atoms with Crippen LogP contribution in [0.15, 0.2) is 24.3 Å². The fraction of sp³-hybridized carbons (Fsp3) is 0.857. The summed E-state index contributed by atoms with van der Waals surface area (Å²) in [5, 5.41) is 0. The number of phosphoric acid groups is 1. The fourth-order valence-corrected chi connectivity index (χ4v) is 6.39. The number of allylic oxidation sites excluding steroid dienone is 4. The third-order valence-electron chi connectivity index (χ3n) is 9.01. The second-order valence-electron chi connectivity index (χ2n) is 15.4. The quantitative estimate of drug-likeness (QED) is 0.0218. The third-order valence-corrected chi connectivity index (χ3v) is 10.00. The standard InChI is InChI=1S/C42H80NO8P/c1-6-8-10-12-14-16-18-20-21-23-25-27-29-31-33-35-42(45)51-40(39-50-52(46,47)49-37-36-43(3,4)5)38-48-41(44)34-32-30-28-26-24-22-19-17-15-13-11-9-7-2/h16,18,20-21,40H,6-15,17,19,22-39H2,1-5H3/p+1/b18-16-,21-20+/t40-/m1/s1. The molecule has 0 saturated heterocycles. The van der Waals surface area contributed by atoms with Gasteiger partial charge in [0.25, 0.3) is 0 Å². The van der Waals surface area contributed by atoms with Gasteiger partial charge in [-0.25, -0.2) is 4.57 Å². The molecule has 0 aliphatic rings. The minimum absolute atomic E-state index is 0.0301. The SMILES string of the molecule is CCCCCC/C=C\C=C\CCCCCCCC(=O)O[C@H](COC(=O)CCCCCCCCCCCCCCC)COP(=O)(O)OCC[N+](C)(C)C. The number of unbranched alkanes of at least 4 members (excludes halogenated alkanes) is 21. The lowest BCUT2D eigenvalue weighted by molar-refractivity contribution is -0.870. The number of carbonyl (C=O) groups excluding carboxylic acids is 2. The summed E-state index contributed by atoms with van der Waals surface area (Å²) in [4.78, 5) is 35.3. The Labute approximate surface area is 319 Å². The van der Waals surface area contributed by atoms with Gasteiger partial charge in [-0.05, 0) is 38.5 Å². The maximum absolute atomic E-state index is 12.6. The highest BCUT2D eigenvalue weighted by atomic mass is 31.2. The van der Waals surface area contributed by atoms with Gasteiger partial charge in [-0.3, -0.25) is 18.6 Å². The molecule has 0 radical (unpaired) electrons. The topological polar surface area (TPSA) is 108 Å². The number of hydrogen-bond donors (Lipinski definition) is 1. The first-order valence-corrected chi connectivity index (χ1v) is 22.6. The van der Waals surface area contributed by atoms with Gasteiger partial charge in [-0.2, -0.15) is 0 Å². The lowest BCUT2D eigenvalue weighted by Crippen LogP contribution is -2.37. The Morgan fingerprint density at radius 3 is 1.50 bits per heavy atom. The van der Waals surface area contributed by atoms with E-state index in [1.165, 1.54) is 89.9 Å². The summed E-state index contributed by atoms with van der Waals surface area (Å²) in [7, 11) is 1.47. The van der Waals surface area contributed by atoms with E-state index in [1.807, 2.05) is 21.1 Å².